The quantitative estimate of drug-likeness (QED) is 0.191. The van der Waals surface area contributed by atoms with E-state index < -0.39 is 5.60 Å². The Labute approximate surface area is 298 Å². The van der Waals surface area contributed by atoms with Crippen LogP contribution in [0.3, 0.4) is 0 Å². The Kier molecular flexibility index (Phi) is 7.19. The molecular formula is C48H50O2. The molecule has 1 heterocycles. The van der Waals surface area contributed by atoms with Gasteiger partial charge < -0.3 is 9.47 Å². The molecule has 0 radical (unpaired) electrons. The highest BCUT2D eigenvalue weighted by molar-refractivity contribution is 6.08. The number of benzene rings is 5. The molecule has 0 amide bonds. The highest BCUT2D eigenvalue weighted by atomic mass is 16.5. The maximum atomic E-state index is 7.70. The highest BCUT2D eigenvalue weighted by Gasteiger charge is 2.55. The van der Waals surface area contributed by atoms with Gasteiger partial charge in [0.2, 0.25) is 0 Å². The van der Waals surface area contributed by atoms with E-state index in [1.807, 2.05) is 0 Å². The molecule has 1 aliphatic heterocycles. The molecule has 5 aromatic rings. The average Bonchev–Trinajstić information content (AvgIpc) is 3.39. The molecule has 0 saturated heterocycles. The molecule has 0 aromatic heterocycles. The van der Waals surface area contributed by atoms with Crippen LogP contribution in [0.15, 0.2) is 103 Å². The predicted molar refractivity (Wildman–Crippen MR) is 207 cm³/mol. The maximum Gasteiger partial charge on any atom is 0.178 e. The van der Waals surface area contributed by atoms with E-state index in [1.54, 1.807) is 7.11 Å². The minimum atomic E-state index is -0.787. The van der Waals surface area contributed by atoms with Crippen LogP contribution in [0.25, 0.3) is 28.0 Å². The topological polar surface area (TPSA) is 18.5 Å². The van der Waals surface area contributed by atoms with Gasteiger partial charge in [0.1, 0.15) is 11.5 Å². The van der Waals surface area contributed by atoms with Crippen molar-refractivity contribution in [2.24, 2.45) is 10.8 Å². The van der Waals surface area contributed by atoms with Crippen LogP contribution in [0, 0.1) is 10.8 Å². The van der Waals surface area contributed by atoms with Crippen LogP contribution in [0.1, 0.15) is 118 Å². The number of hydrogen-bond donors (Lipinski definition) is 0. The SMILES string of the molecule is COc1ccc(C2(c3ccc(C4CCCCC4)cc3)C=Cc3c4c(c5ccccc5c3O2)-c2ccccc2C42CC(C)(C)CC(C)(C)C2)cc1. The summed E-state index contributed by atoms with van der Waals surface area (Å²) in [5, 5.41) is 2.47. The van der Waals surface area contributed by atoms with Crippen molar-refractivity contribution in [3.8, 4) is 22.6 Å². The van der Waals surface area contributed by atoms with E-state index in [-0.39, 0.29) is 16.2 Å². The second-order valence-electron chi connectivity index (χ2n) is 17.4. The summed E-state index contributed by atoms with van der Waals surface area (Å²) < 4.78 is 13.3. The molecule has 5 aromatic carbocycles. The van der Waals surface area contributed by atoms with Crippen LogP contribution >= 0.6 is 0 Å². The number of fused-ring (bicyclic) bond motifs is 10. The Morgan fingerprint density at radius 2 is 1.28 bits per heavy atom. The molecule has 2 nitrogen and oxygen atoms in total. The van der Waals surface area contributed by atoms with Crippen molar-refractivity contribution >= 4 is 16.8 Å². The van der Waals surface area contributed by atoms with Gasteiger partial charge in [-0.1, -0.05) is 138 Å². The third-order valence-electron chi connectivity index (χ3n) is 12.6. The molecule has 2 saturated carbocycles. The van der Waals surface area contributed by atoms with E-state index in [1.165, 1.54) is 82.7 Å². The first-order valence-electron chi connectivity index (χ1n) is 19.0. The van der Waals surface area contributed by atoms with Crippen LogP contribution in [0.4, 0.5) is 0 Å². The van der Waals surface area contributed by atoms with Gasteiger partial charge in [0.05, 0.1) is 7.11 Å². The Hall–Kier alpha value is -4.30. The zero-order valence-electron chi connectivity index (χ0n) is 30.4. The van der Waals surface area contributed by atoms with Gasteiger partial charge in [0.15, 0.2) is 5.60 Å². The highest BCUT2D eigenvalue weighted by Crippen LogP contribution is 2.66. The van der Waals surface area contributed by atoms with Crippen molar-refractivity contribution in [3.63, 3.8) is 0 Å². The lowest BCUT2D eigenvalue weighted by Gasteiger charge is -2.52. The Bertz CT molecular complexity index is 2110. The van der Waals surface area contributed by atoms with Crippen LogP contribution in [0.2, 0.25) is 0 Å². The number of ether oxygens (including phenoxy) is 2. The number of hydrogen-bond acceptors (Lipinski definition) is 2. The lowest BCUT2D eigenvalue weighted by atomic mass is 9.52. The lowest BCUT2D eigenvalue weighted by Crippen LogP contribution is -2.44. The largest absolute Gasteiger partial charge is 0.497 e. The molecule has 4 aliphatic rings. The van der Waals surface area contributed by atoms with Gasteiger partial charge in [0.25, 0.3) is 0 Å². The monoisotopic (exact) mass is 658 g/mol. The van der Waals surface area contributed by atoms with Crippen LogP contribution in [-0.2, 0) is 11.0 Å². The fraction of sp³-hybridized carbons (Fsp3) is 0.375. The molecule has 1 spiro atoms. The third-order valence-corrected chi connectivity index (χ3v) is 12.6. The molecule has 2 heteroatoms. The molecule has 3 aliphatic carbocycles. The fourth-order valence-corrected chi connectivity index (χ4v) is 11.4. The van der Waals surface area contributed by atoms with E-state index in [0.717, 1.165) is 35.5 Å². The van der Waals surface area contributed by atoms with E-state index in [2.05, 4.69) is 137 Å². The van der Waals surface area contributed by atoms with E-state index in [9.17, 15) is 0 Å². The minimum absolute atomic E-state index is 0.0965. The molecule has 0 bridgehead atoms. The van der Waals surface area contributed by atoms with Gasteiger partial charge >= 0.3 is 0 Å². The van der Waals surface area contributed by atoms with Crippen molar-refractivity contribution in [2.75, 3.05) is 7.11 Å². The zero-order valence-corrected chi connectivity index (χ0v) is 30.4. The number of rotatable bonds is 4. The Morgan fingerprint density at radius 3 is 1.96 bits per heavy atom. The normalized spacial score (nSPS) is 22.8. The summed E-state index contributed by atoms with van der Waals surface area (Å²) >= 11 is 0. The second kappa shape index (κ2) is 11.4. The van der Waals surface area contributed by atoms with Gasteiger partial charge in [-0.3, -0.25) is 0 Å². The van der Waals surface area contributed by atoms with Crippen LogP contribution in [-0.4, -0.2) is 7.11 Å². The van der Waals surface area contributed by atoms with Crippen molar-refractivity contribution in [1.82, 2.24) is 0 Å². The van der Waals surface area contributed by atoms with E-state index >= 15 is 0 Å². The maximum absolute atomic E-state index is 7.70. The van der Waals surface area contributed by atoms with Gasteiger partial charge in [-0.25, -0.2) is 0 Å². The summed E-state index contributed by atoms with van der Waals surface area (Å²) in [4.78, 5) is 0. The zero-order chi connectivity index (χ0) is 34.3. The average molecular weight is 659 g/mol. The first-order chi connectivity index (χ1) is 24.1. The lowest BCUT2D eigenvalue weighted by molar-refractivity contribution is 0.0642. The molecule has 9 rings (SSSR count). The van der Waals surface area contributed by atoms with Gasteiger partial charge in [-0.15, -0.1) is 0 Å². The standard InChI is InChI=1S/C48H50O2/c1-45(2)29-46(3,4)31-47(30-45)41-18-12-11-17-39(41)42-37-15-9-10-16-38(37)44-40(43(42)47)27-28-48(50-44,35-23-25-36(49-5)26-24-35)34-21-19-33(20-22-34)32-13-7-6-8-14-32/h9-12,15-28,32H,6-8,13-14,29-31H2,1-5H3. The first kappa shape index (κ1) is 31.7. The van der Waals surface area contributed by atoms with Crippen molar-refractivity contribution in [2.45, 2.75) is 96.0 Å². The smallest absolute Gasteiger partial charge is 0.178 e. The summed E-state index contributed by atoms with van der Waals surface area (Å²) in [6, 6.07) is 36.2. The second-order valence-corrected chi connectivity index (χ2v) is 17.4. The van der Waals surface area contributed by atoms with Crippen molar-refractivity contribution in [3.05, 3.63) is 137 Å². The van der Waals surface area contributed by atoms with E-state index in [4.69, 9.17) is 9.47 Å². The van der Waals surface area contributed by atoms with Gasteiger partial charge in [-0.05, 0) is 100 Å². The Morgan fingerprint density at radius 1 is 0.660 bits per heavy atom. The van der Waals surface area contributed by atoms with Crippen LogP contribution < -0.4 is 9.47 Å². The summed E-state index contributed by atoms with van der Waals surface area (Å²) in [6.07, 6.45) is 14.9. The molecule has 1 atom stereocenters. The molecule has 50 heavy (non-hydrogen) atoms. The Balaban J connectivity index is 1.29. The van der Waals surface area contributed by atoms with Crippen molar-refractivity contribution < 1.29 is 9.47 Å². The predicted octanol–water partition coefficient (Wildman–Crippen LogP) is 12.7. The molecular weight excluding hydrogens is 609 g/mol. The van der Waals surface area contributed by atoms with Crippen molar-refractivity contribution in [1.29, 1.82) is 0 Å². The molecule has 254 valence electrons. The van der Waals surface area contributed by atoms with Gasteiger partial charge in [-0.2, -0.15) is 0 Å². The molecule has 2 fully saturated rings. The summed E-state index contributed by atoms with van der Waals surface area (Å²) in [7, 11) is 1.73. The summed E-state index contributed by atoms with van der Waals surface area (Å²) in [5.41, 5.74) is 10.3. The number of methoxy groups -OCH3 is 1. The van der Waals surface area contributed by atoms with Gasteiger partial charge in [0, 0.05) is 27.5 Å². The third kappa shape index (κ3) is 4.81. The molecule has 1 unspecified atom stereocenters. The first-order valence-corrected chi connectivity index (χ1v) is 19.0. The van der Waals surface area contributed by atoms with E-state index in [0.29, 0.717) is 5.92 Å². The summed E-state index contributed by atoms with van der Waals surface area (Å²) in [6.45, 7) is 9.95. The molecule has 0 N–H and O–H groups in total. The van der Waals surface area contributed by atoms with Crippen LogP contribution in [0.5, 0.6) is 11.5 Å². The fourth-order valence-electron chi connectivity index (χ4n) is 11.4. The minimum Gasteiger partial charge on any atom is -0.497 e. The summed E-state index contributed by atoms with van der Waals surface area (Å²) in [5.74, 6) is 2.51.